The van der Waals surface area contributed by atoms with Crippen molar-refractivity contribution in [3.05, 3.63) is 12.2 Å². The van der Waals surface area contributed by atoms with Crippen LogP contribution in [-0.4, -0.2) is 27.4 Å². The Morgan fingerprint density at radius 3 is 2.71 bits per heavy atom. The summed E-state index contributed by atoms with van der Waals surface area (Å²) in [7, 11) is 0. The van der Waals surface area contributed by atoms with Gasteiger partial charge in [0.05, 0.1) is 0 Å². The average Bonchev–Trinajstić information content (AvgIpc) is 2.80. The fourth-order valence-corrected chi connectivity index (χ4v) is 2.09. The minimum Gasteiger partial charge on any atom is -0.314 e. The highest BCUT2D eigenvalue weighted by Crippen LogP contribution is 2.07. The molecule has 1 rings (SSSR count). The van der Waals surface area contributed by atoms with Crippen molar-refractivity contribution < 1.29 is 0 Å². The van der Waals surface area contributed by atoms with Crippen LogP contribution in [0, 0.1) is 0 Å². The lowest BCUT2D eigenvalue weighted by atomic mass is 10.1. The van der Waals surface area contributed by atoms with Crippen molar-refractivity contribution in [3.63, 3.8) is 0 Å². The molecule has 1 atom stereocenters. The Kier molecular flexibility index (Phi) is 6.86. The standard InChI is InChI=1S/C13H26N4/c1-4-7-12(14-10-5-2)8-9-13-15-11-16-17(13)6-3/h11-12,14H,4-10H2,1-3H3. The molecule has 1 heterocycles. The van der Waals surface area contributed by atoms with Crippen LogP contribution in [0.15, 0.2) is 6.33 Å². The lowest BCUT2D eigenvalue weighted by Crippen LogP contribution is -2.30. The summed E-state index contributed by atoms with van der Waals surface area (Å²) in [5.41, 5.74) is 0. The number of nitrogens with zero attached hydrogens (tertiary/aromatic N) is 3. The first-order chi connectivity index (χ1) is 8.31. The maximum atomic E-state index is 4.32. The topological polar surface area (TPSA) is 42.7 Å². The number of aromatic nitrogens is 3. The first-order valence-corrected chi connectivity index (χ1v) is 6.91. The largest absolute Gasteiger partial charge is 0.314 e. The van der Waals surface area contributed by atoms with Crippen LogP contribution in [0.2, 0.25) is 0 Å². The van der Waals surface area contributed by atoms with Crippen molar-refractivity contribution in [2.24, 2.45) is 0 Å². The van der Waals surface area contributed by atoms with Crippen molar-refractivity contribution in [2.45, 2.75) is 65.5 Å². The lowest BCUT2D eigenvalue weighted by molar-refractivity contribution is 0.440. The normalized spacial score (nSPS) is 12.9. The first-order valence-electron chi connectivity index (χ1n) is 6.91. The molecule has 17 heavy (non-hydrogen) atoms. The Hall–Kier alpha value is -0.900. The Morgan fingerprint density at radius 2 is 2.06 bits per heavy atom. The molecule has 0 spiro atoms. The molecule has 1 N–H and O–H groups in total. The van der Waals surface area contributed by atoms with Gasteiger partial charge in [-0.05, 0) is 32.7 Å². The van der Waals surface area contributed by atoms with E-state index in [0.717, 1.165) is 31.8 Å². The molecule has 4 heteroatoms. The Labute approximate surface area is 105 Å². The fraction of sp³-hybridized carbons (Fsp3) is 0.846. The third-order valence-corrected chi connectivity index (χ3v) is 3.03. The van der Waals surface area contributed by atoms with E-state index in [9.17, 15) is 0 Å². The second-order valence-corrected chi connectivity index (χ2v) is 4.47. The Balaban J connectivity index is 2.39. The number of hydrogen-bond acceptors (Lipinski definition) is 3. The monoisotopic (exact) mass is 238 g/mol. The molecule has 0 saturated heterocycles. The summed E-state index contributed by atoms with van der Waals surface area (Å²) in [6.07, 6.45) is 7.53. The second-order valence-electron chi connectivity index (χ2n) is 4.47. The van der Waals surface area contributed by atoms with Crippen molar-refractivity contribution in [3.8, 4) is 0 Å². The summed E-state index contributed by atoms with van der Waals surface area (Å²) in [5, 5.41) is 7.82. The predicted octanol–water partition coefficient (Wildman–Crippen LogP) is 2.40. The van der Waals surface area contributed by atoms with E-state index in [0.29, 0.717) is 6.04 Å². The van der Waals surface area contributed by atoms with E-state index in [1.165, 1.54) is 19.3 Å². The fourth-order valence-electron chi connectivity index (χ4n) is 2.09. The van der Waals surface area contributed by atoms with Gasteiger partial charge in [0.25, 0.3) is 0 Å². The van der Waals surface area contributed by atoms with E-state index < -0.39 is 0 Å². The number of aryl methyl sites for hydroxylation is 2. The summed E-state index contributed by atoms with van der Waals surface area (Å²) < 4.78 is 1.99. The minimum atomic E-state index is 0.627. The molecular weight excluding hydrogens is 212 g/mol. The van der Waals surface area contributed by atoms with Crippen LogP contribution in [0.1, 0.15) is 52.3 Å². The van der Waals surface area contributed by atoms with Crippen molar-refractivity contribution >= 4 is 0 Å². The van der Waals surface area contributed by atoms with Crippen LogP contribution in [0.25, 0.3) is 0 Å². The molecule has 0 fully saturated rings. The zero-order valence-corrected chi connectivity index (χ0v) is 11.4. The van der Waals surface area contributed by atoms with Gasteiger partial charge in [-0.25, -0.2) is 4.98 Å². The predicted molar refractivity (Wildman–Crippen MR) is 71.0 cm³/mol. The van der Waals surface area contributed by atoms with Gasteiger partial charge in [-0.1, -0.05) is 20.3 Å². The molecule has 0 aromatic carbocycles. The van der Waals surface area contributed by atoms with E-state index in [4.69, 9.17) is 0 Å². The molecular formula is C13H26N4. The maximum absolute atomic E-state index is 4.32. The van der Waals surface area contributed by atoms with Gasteiger partial charge in [0.1, 0.15) is 12.2 Å². The van der Waals surface area contributed by atoms with Crippen molar-refractivity contribution in [1.29, 1.82) is 0 Å². The van der Waals surface area contributed by atoms with E-state index >= 15 is 0 Å². The van der Waals surface area contributed by atoms with Crippen LogP contribution in [0.3, 0.4) is 0 Å². The summed E-state index contributed by atoms with van der Waals surface area (Å²) in [4.78, 5) is 4.32. The third-order valence-electron chi connectivity index (χ3n) is 3.03. The summed E-state index contributed by atoms with van der Waals surface area (Å²) in [6.45, 7) is 8.59. The number of nitrogens with one attached hydrogen (secondary N) is 1. The third kappa shape index (κ3) is 4.86. The number of rotatable bonds is 9. The van der Waals surface area contributed by atoms with Gasteiger partial charge in [-0.15, -0.1) is 0 Å². The zero-order chi connectivity index (χ0) is 12.5. The lowest BCUT2D eigenvalue weighted by Gasteiger charge is -2.17. The highest BCUT2D eigenvalue weighted by molar-refractivity contribution is 4.86. The Bertz CT molecular complexity index is 295. The molecule has 1 aromatic rings. The quantitative estimate of drug-likeness (QED) is 0.718. The molecule has 0 aliphatic carbocycles. The molecule has 0 radical (unpaired) electrons. The van der Waals surface area contributed by atoms with E-state index in [1.807, 2.05) is 4.68 Å². The highest BCUT2D eigenvalue weighted by Gasteiger charge is 2.09. The summed E-state index contributed by atoms with van der Waals surface area (Å²) >= 11 is 0. The second kappa shape index (κ2) is 8.23. The van der Waals surface area contributed by atoms with Crippen LogP contribution in [0.4, 0.5) is 0 Å². The molecule has 0 aliphatic heterocycles. The smallest absolute Gasteiger partial charge is 0.138 e. The average molecular weight is 238 g/mol. The summed E-state index contributed by atoms with van der Waals surface area (Å²) in [6, 6.07) is 0.627. The molecule has 98 valence electrons. The van der Waals surface area contributed by atoms with Gasteiger partial charge in [-0.3, -0.25) is 4.68 Å². The van der Waals surface area contributed by atoms with Gasteiger partial charge in [-0.2, -0.15) is 5.10 Å². The Morgan fingerprint density at radius 1 is 1.24 bits per heavy atom. The van der Waals surface area contributed by atoms with Gasteiger partial charge >= 0.3 is 0 Å². The van der Waals surface area contributed by atoms with Crippen LogP contribution < -0.4 is 5.32 Å². The van der Waals surface area contributed by atoms with Crippen LogP contribution in [-0.2, 0) is 13.0 Å². The molecule has 0 saturated carbocycles. The van der Waals surface area contributed by atoms with E-state index in [-0.39, 0.29) is 0 Å². The maximum Gasteiger partial charge on any atom is 0.138 e. The molecule has 0 aliphatic rings. The van der Waals surface area contributed by atoms with Gasteiger partial charge in [0.15, 0.2) is 0 Å². The van der Waals surface area contributed by atoms with Crippen LogP contribution in [0.5, 0.6) is 0 Å². The zero-order valence-electron chi connectivity index (χ0n) is 11.4. The molecule has 1 aromatic heterocycles. The molecule has 0 amide bonds. The van der Waals surface area contributed by atoms with Crippen molar-refractivity contribution in [2.75, 3.05) is 6.54 Å². The van der Waals surface area contributed by atoms with Gasteiger partial charge < -0.3 is 5.32 Å². The van der Waals surface area contributed by atoms with E-state index in [1.54, 1.807) is 6.33 Å². The van der Waals surface area contributed by atoms with Crippen LogP contribution >= 0.6 is 0 Å². The van der Waals surface area contributed by atoms with Gasteiger partial charge in [0, 0.05) is 19.0 Å². The molecule has 0 bridgehead atoms. The van der Waals surface area contributed by atoms with Crippen molar-refractivity contribution in [1.82, 2.24) is 20.1 Å². The van der Waals surface area contributed by atoms with E-state index in [2.05, 4.69) is 36.2 Å². The minimum absolute atomic E-state index is 0.627. The number of hydrogen-bond donors (Lipinski definition) is 1. The SMILES string of the molecule is CCCNC(CCC)CCc1ncnn1CC. The molecule has 4 nitrogen and oxygen atoms in total. The summed E-state index contributed by atoms with van der Waals surface area (Å²) in [5.74, 6) is 1.12. The first kappa shape index (κ1) is 14.2. The highest BCUT2D eigenvalue weighted by atomic mass is 15.3. The van der Waals surface area contributed by atoms with Gasteiger partial charge in [0.2, 0.25) is 0 Å². The molecule has 1 unspecified atom stereocenters.